The van der Waals surface area contributed by atoms with Crippen LogP contribution >= 0.6 is 11.8 Å². The molecule has 35 heavy (non-hydrogen) atoms. The smallest absolute Gasteiger partial charge is 0.303 e. The molecule has 200 valence electrons. The molecule has 6 nitrogen and oxygen atoms in total. The first-order chi connectivity index (χ1) is 16.6. The molecule has 8 heteroatoms. The van der Waals surface area contributed by atoms with Crippen LogP contribution in [0.5, 0.6) is 0 Å². The van der Waals surface area contributed by atoms with Gasteiger partial charge in [0.05, 0.1) is 11.4 Å². The predicted molar refractivity (Wildman–Crippen MR) is 147 cm³/mol. The van der Waals surface area contributed by atoms with Gasteiger partial charge in [-0.05, 0) is 49.5 Å². The molecule has 0 aliphatic rings. The zero-order valence-electron chi connectivity index (χ0n) is 22.1. The van der Waals surface area contributed by atoms with E-state index in [0.29, 0.717) is 30.7 Å². The quantitative estimate of drug-likeness (QED) is 0.151. The average molecular weight is 528 g/mol. The number of aliphatic carboxylic acids is 1. The maximum absolute atomic E-state index is 13.4. The van der Waals surface area contributed by atoms with E-state index in [1.807, 2.05) is 39.0 Å². The third-order valence-electron chi connectivity index (χ3n) is 5.74. The molecule has 0 unspecified atom stereocenters. The van der Waals surface area contributed by atoms with Crippen molar-refractivity contribution in [2.45, 2.75) is 110 Å². The van der Waals surface area contributed by atoms with E-state index in [0.717, 1.165) is 34.0 Å². The molecule has 0 radical (unpaired) electrons. The SMILES string of the molecule is CCCCCCCCCCC(=O)N(c1c(C)cccc1SCCCCC(=O)O)S(=O)(=O)CC(C)C. The summed E-state index contributed by atoms with van der Waals surface area (Å²) in [5, 5.41) is 8.84. The van der Waals surface area contributed by atoms with Gasteiger partial charge < -0.3 is 5.11 Å². The number of nitrogens with zero attached hydrogens (tertiary/aromatic N) is 1. The summed E-state index contributed by atoms with van der Waals surface area (Å²) in [7, 11) is -3.83. The second kappa shape index (κ2) is 17.0. The number of carboxylic acids is 1. The van der Waals surface area contributed by atoms with Gasteiger partial charge in [0.2, 0.25) is 15.9 Å². The number of para-hydroxylation sites is 1. The van der Waals surface area contributed by atoms with Crippen LogP contribution < -0.4 is 4.31 Å². The molecule has 0 bridgehead atoms. The van der Waals surface area contributed by atoms with Crippen LogP contribution in [-0.4, -0.2) is 36.9 Å². The van der Waals surface area contributed by atoms with Crippen LogP contribution in [0.15, 0.2) is 23.1 Å². The van der Waals surface area contributed by atoms with Crippen molar-refractivity contribution < 1.29 is 23.1 Å². The monoisotopic (exact) mass is 527 g/mol. The zero-order chi connectivity index (χ0) is 26.3. The van der Waals surface area contributed by atoms with Gasteiger partial charge in [0.1, 0.15) is 0 Å². The number of thioether (sulfide) groups is 1. The number of carboxylic acid groups (broad SMARTS) is 1. The third kappa shape index (κ3) is 12.3. The highest BCUT2D eigenvalue weighted by atomic mass is 32.2. The number of hydrogen-bond acceptors (Lipinski definition) is 5. The van der Waals surface area contributed by atoms with Gasteiger partial charge in [0.15, 0.2) is 0 Å². The first kappa shape index (κ1) is 31.5. The first-order valence-electron chi connectivity index (χ1n) is 13.1. The van der Waals surface area contributed by atoms with Crippen molar-refractivity contribution in [2.75, 3.05) is 15.8 Å². The predicted octanol–water partition coefficient (Wildman–Crippen LogP) is 7.19. The minimum atomic E-state index is -3.83. The van der Waals surface area contributed by atoms with Crippen LogP contribution in [0.3, 0.4) is 0 Å². The molecule has 0 aliphatic heterocycles. The van der Waals surface area contributed by atoms with Crippen LogP contribution in [0.2, 0.25) is 0 Å². The molecule has 1 rings (SSSR count). The molecule has 1 aromatic carbocycles. The molecular weight excluding hydrogens is 482 g/mol. The van der Waals surface area contributed by atoms with E-state index in [1.165, 1.54) is 37.4 Å². The van der Waals surface area contributed by atoms with Gasteiger partial charge in [0, 0.05) is 17.7 Å². The minimum Gasteiger partial charge on any atom is -0.481 e. The van der Waals surface area contributed by atoms with Crippen molar-refractivity contribution >= 4 is 39.3 Å². The first-order valence-corrected chi connectivity index (χ1v) is 15.7. The number of amides is 1. The number of aryl methyl sites for hydroxylation is 1. The lowest BCUT2D eigenvalue weighted by Crippen LogP contribution is -2.40. The Hall–Kier alpha value is -1.54. The number of anilines is 1. The van der Waals surface area contributed by atoms with Gasteiger partial charge in [-0.15, -0.1) is 11.8 Å². The summed E-state index contributed by atoms with van der Waals surface area (Å²) in [5.41, 5.74) is 1.21. The van der Waals surface area contributed by atoms with Crippen LogP contribution in [0.4, 0.5) is 5.69 Å². The average Bonchev–Trinajstić information content (AvgIpc) is 2.76. The van der Waals surface area contributed by atoms with Gasteiger partial charge in [-0.3, -0.25) is 9.59 Å². The van der Waals surface area contributed by atoms with E-state index < -0.39 is 16.0 Å². The maximum atomic E-state index is 13.4. The number of rotatable bonds is 19. The highest BCUT2D eigenvalue weighted by molar-refractivity contribution is 7.99. The van der Waals surface area contributed by atoms with Crippen LogP contribution in [0.25, 0.3) is 0 Å². The lowest BCUT2D eigenvalue weighted by molar-refractivity contribution is -0.137. The van der Waals surface area contributed by atoms with E-state index in [9.17, 15) is 18.0 Å². The molecule has 0 atom stereocenters. The molecule has 1 aromatic rings. The highest BCUT2D eigenvalue weighted by Gasteiger charge is 2.32. The van der Waals surface area contributed by atoms with E-state index in [2.05, 4.69) is 6.92 Å². The minimum absolute atomic E-state index is 0.0901. The van der Waals surface area contributed by atoms with Crippen LogP contribution in [0.1, 0.15) is 103 Å². The van der Waals surface area contributed by atoms with E-state index >= 15 is 0 Å². The second-order valence-corrected chi connectivity index (χ2v) is 12.7. The Kier molecular flexibility index (Phi) is 15.3. The van der Waals surface area contributed by atoms with Crippen molar-refractivity contribution in [2.24, 2.45) is 5.92 Å². The Morgan fingerprint density at radius 3 is 2.14 bits per heavy atom. The number of carbonyl (C=O) groups is 2. The van der Waals surface area contributed by atoms with Crippen LogP contribution in [-0.2, 0) is 19.6 Å². The molecule has 1 N–H and O–H groups in total. The molecule has 0 saturated heterocycles. The molecule has 0 aliphatic carbocycles. The summed E-state index contributed by atoms with van der Waals surface area (Å²) >= 11 is 1.48. The summed E-state index contributed by atoms with van der Waals surface area (Å²) in [6.07, 6.45) is 10.4. The van der Waals surface area contributed by atoms with Gasteiger partial charge in [0.25, 0.3) is 0 Å². The normalized spacial score (nSPS) is 11.7. The summed E-state index contributed by atoms with van der Waals surface area (Å²) < 4.78 is 27.9. The Morgan fingerprint density at radius 1 is 0.943 bits per heavy atom. The van der Waals surface area contributed by atoms with Crippen molar-refractivity contribution in [1.29, 1.82) is 0 Å². The Bertz CT molecular complexity index is 884. The standard InChI is InChI=1S/C27H45NO5S2/c1-5-6-7-8-9-10-11-12-18-25(29)28(35(32,33)21-22(2)3)27-23(4)16-15-17-24(27)34-20-14-13-19-26(30)31/h15-17,22H,5-14,18-21H2,1-4H3,(H,30,31). The van der Waals surface area contributed by atoms with Crippen molar-refractivity contribution in [3.8, 4) is 0 Å². The topological polar surface area (TPSA) is 91.8 Å². The number of sulfonamides is 1. The zero-order valence-corrected chi connectivity index (χ0v) is 23.7. The summed E-state index contributed by atoms with van der Waals surface area (Å²) in [4.78, 5) is 24.9. The second-order valence-electron chi connectivity index (χ2n) is 9.68. The summed E-state index contributed by atoms with van der Waals surface area (Å²) in [6, 6.07) is 5.56. The Morgan fingerprint density at radius 2 is 1.54 bits per heavy atom. The molecule has 0 spiro atoms. The molecular formula is C27H45NO5S2. The maximum Gasteiger partial charge on any atom is 0.303 e. The summed E-state index contributed by atoms with van der Waals surface area (Å²) in [5.74, 6) is -0.710. The van der Waals surface area contributed by atoms with E-state index in [4.69, 9.17) is 5.11 Å². The fourth-order valence-electron chi connectivity index (χ4n) is 4.00. The number of hydrogen-bond donors (Lipinski definition) is 1. The van der Waals surface area contributed by atoms with Crippen LogP contribution in [0, 0.1) is 12.8 Å². The molecule has 0 heterocycles. The molecule has 0 fully saturated rings. The van der Waals surface area contributed by atoms with E-state index in [1.54, 1.807) is 0 Å². The van der Waals surface area contributed by atoms with Gasteiger partial charge in [-0.2, -0.15) is 0 Å². The number of unbranched alkanes of at least 4 members (excludes halogenated alkanes) is 8. The largest absolute Gasteiger partial charge is 0.481 e. The third-order valence-corrected chi connectivity index (χ3v) is 8.90. The molecule has 0 aromatic heterocycles. The summed E-state index contributed by atoms with van der Waals surface area (Å²) in [6.45, 7) is 7.72. The highest BCUT2D eigenvalue weighted by Crippen LogP contribution is 2.36. The van der Waals surface area contributed by atoms with Gasteiger partial charge in [-0.1, -0.05) is 77.8 Å². The lowest BCUT2D eigenvalue weighted by Gasteiger charge is -2.27. The fourth-order valence-corrected chi connectivity index (χ4v) is 7.10. The Labute approximate surface area is 217 Å². The van der Waals surface area contributed by atoms with E-state index in [-0.39, 0.29) is 30.4 Å². The molecule has 1 amide bonds. The number of carbonyl (C=O) groups excluding carboxylic acids is 1. The fraction of sp³-hybridized carbons (Fsp3) is 0.704. The van der Waals surface area contributed by atoms with Gasteiger partial charge in [-0.25, -0.2) is 12.7 Å². The van der Waals surface area contributed by atoms with Crippen molar-refractivity contribution in [3.63, 3.8) is 0 Å². The number of benzene rings is 1. The van der Waals surface area contributed by atoms with Crippen molar-refractivity contribution in [3.05, 3.63) is 23.8 Å². The molecule has 0 saturated carbocycles. The lowest BCUT2D eigenvalue weighted by atomic mass is 10.1. The van der Waals surface area contributed by atoms with Crippen molar-refractivity contribution in [1.82, 2.24) is 0 Å². The van der Waals surface area contributed by atoms with Gasteiger partial charge >= 0.3 is 5.97 Å². The Balaban J connectivity index is 2.98.